The molecule has 0 radical (unpaired) electrons. The minimum atomic E-state index is -4.59. The highest BCUT2D eigenvalue weighted by Gasteiger charge is 2.46. The highest BCUT2D eigenvalue weighted by molar-refractivity contribution is 7.85. The maximum Gasteiger partial charge on any atom is 0.306 e. The molecular formula is C42H80O12S. The van der Waals surface area contributed by atoms with Gasteiger partial charge in [-0.1, -0.05) is 174 Å². The van der Waals surface area contributed by atoms with E-state index in [0.29, 0.717) is 12.8 Å². The van der Waals surface area contributed by atoms with E-state index >= 15 is 0 Å². The fourth-order valence-corrected chi connectivity index (χ4v) is 7.66. The fraction of sp³-hybridized carbons (Fsp3) is 0.952. The zero-order chi connectivity index (χ0) is 40.6. The van der Waals surface area contributed by atoms with Crippen LogP contribution in [-0.4, -0.2) is 96.0 Å². The Morgan fingerprint density at radius 1 is 0.545 bits per heavy atom. The maximum absolute atomic E-state index is 12.8. The third kappa shape index (κ3) is 28.7. The summed E-state index contributed by atoms with van der Waals surface area (Å²) in [6.45, 7) is 3.75. The molecule has 0 bridgehead atoms. The monoisotopic (exact) mass is 809 g/mol. The number of hydrogen-bond acceptors (Lipinski definition) is 11. The predicted octanol–water partition coefficient (Wildman–Crippen LogP) is 8.51. The van der Waals surface area contributed by atoms with Crippen molar-refractivity contribution < 1.29 is 56.8 Å². The Balaban J connectivity index is 2.40. The van der Waals surface area contributed by atoms with E-state index in [4.69, 9.17) is 18.9 Å². The van der Waals surface area contributed by atoms with Gasteiger partial charge in [0.2, 0.25) is 0 Å². The van der Waals surface area contributed by atoms with Gasteiger partial charge in [0.1, 0.15) is 36.8 Å². The summed E-state index contributed by atoms with van der Waals surface area (Å²) in [5, 5.41) is 30.8. The summed E-state index contributed by atoms with van der Waals surface area (Å²) in [4.78, 5) is 25.3. The third-order valence-corrected chi connectivity index (χ3v) is 11.2. The van der Waals surface area contributed by atoms with Crippen molar-refractivity contribution in [1.29, 1.82) is 0 Å². The first-order valence-electron chi connectivity index (χ1n) is 22.1. The quantitative estimate of drug-likeness (QED) is 0.0267. The molecule has 1 saturated heterocycles. The highest BCUT2D eigenvalue weighted by atomic mass is 32.2. The molecule has 1 fully saturated rings. The molecule has 1 rings (SSSR count). The van der Waals surface area contributed by atoms with E-state index in [1.54, 1.807) is 0 Å². The standard InChI is InChI=1S/C42H80O12S/c1-3-5-7-9-11-13-14-15-16-17-18-19-20-21-23-25-27-29-31-38(44)53-35(32-51-37(43)30-28-26-24-22-12-10-8-6-4-2)33-52-42-41(47)40(46)39(45)36(54-42)34-55(48,49)50/h35-36,39-42,45-47H,3-34H2,1-2H3,(H,48,49,50). The van der Waals surface area contributed by atoms with Crippen LogP contribution < -0.4 is 0 Å². The lowest BCUT2D eigenvalue weighted by atomic mass is 10.00. The molecule has 6 atom stereocenters. The van der Waals surface area contributed by atoms with Crippen molar-refractivity contribution >= 4 is 22.1 Å². The second-order valence-corrected chi connectivity index (χ2v) is 17.2. The average Bonchev–Trinajstić information content (AvgIpc) is 3.14. The van der Waals surface area contributed by atoms with Crippen LogP contribution in [0.25, 0.3) is 0 Å². The van der Waals surface area contributed by atoms with Crippen LogP contribution >= 0.6 is 0 Å². The topological polar surface area (TPSA) is 186 Å². The molecule has 4 N–H and O–H groups in total. The van der Waals surface area contributed by atoms with Crippen LogP contribution in [0.2, 0.25) is 0 Å². The van der Waals surface area contributed by atoms with Gasteiger partial charge >= 0.3 is 11.9 Å². The molecule has 0 aliphatic carbocycles. The number of ether oxygens (including phenoxy) is 4. The van der Waals surface area contributed by atoms with Gasteiger partial charge in [0, 0.05) is 12.8 Å². The average molecular weight is 809 g/mol. The molecule has 0 aromatic carbocycles. The van der Waals surface area contributed by atoms with Crippen LogP contribution in [0.1, 0.15) is 200 Å². The van der Waals surface area contributed by atoms with Crippen LogP contribution in [0.5, 0.6) is 0 Å². The lowest BCUT2D eigenvalue weighted by Crippen LogP contribution is -2.60. The van der Waals surface area contributed by atoms with E-state index in [0.717, 1.165) is 38.5 Å². The van der Waals surface area contributed by atoms with Gasteiger partial charge < -0.3 is 34.3 Å². The Morgan fingerprint density at radius 2 is 0.927 bits per heavy atom. The molecule has 0 aromatic rings. The van der Waals surface area contributed by atoms with Crippen molar-refractivity contribution in [3.05, 3.63) is 0 Å². The van der Waals surface area contributed by atoms with E-state index in [-0.39, 0.29) is 19.4 Å². The molecule has 1 aliphatic rings. The molecule has 12 nitrogen and oxygen atoms in total. The van der Waals surface area contributed by atoms with Gasteiger partial charge in [-0.2, -0.15) is 8.42 Å². The lowest BCUT2D eigenvalue weighted by molar-refractivity contribution is -0.297. The van der Waals surface area contributed by atoms with Crippen LogP contribution in [0.15, 0.2) is 0 Å². The normalized spacial score (nSPS) is 20.7. The van der Waals surface area contributed by atoms with E-state index in [9.17, 15) is 37.9 Å². The van der Waals surface area contributed by atoms with Gasteiger partial charge in [-0.15, -0.1) is 0 Å². The minimum Gasteiger partial charge on any atom is -0.462 e. The zero-order valence-electron chi connectivity index (χ0n) is 34.6. The van der Waals surface area contributed by atoms with E-state index in [1.165, 1.54) is 122 Å². The van der Waals surface area contributed by atoms with Gasteiger partial charge in [0.25, 0.3) is 10.1 Å². The number of unbranched alkanes of at least 4 members (excludes halogenated alkanes) is 25. The van der Waals surface area contributed by atoms with Crippen LogP contribution in [0.3, 0.4) is 0 Å². The molecule has 0 amide bonds. The maximum atomic E-state index is 12.8. The minimum absolute atomic E-state index is 0.172. The fourth-order valence-electron chi connectivity index (χ4n) is 6.97. The van der Waals surface area contributed by atoms with Crippen molar-refractivity contribution in [3.63, 3.8) is 0 Å². The van der Waals surface area contributed by atoms with Crippen LogP contribution in [0.4, 0.5) is 0 Å². The Bertz CT molecular complexity index is 1040. The number of aliphatic hydroxyl groups excluding tert-OH is 3. The second-order valence-electron chi connectivity index (χ2n) is 15.7. The summed E-state index contributed by atoms with van der Waals surface area (Å²) >= 11 is 0. The van der Waals surface area contributed by atoms with E-state index in [1.807, 2.05) is 0 Å². The van der Waals surface area contributed by atoms with Crippen molar-refractivity contribution in [1.82, 2.24) is 0 Å². The number of carbonyl (C=O) groups is 2. The largest absolute Gasteiger partial charge is 0.462 e. The smallest absolute Gasteiger partial charge is 0.306 e. The lowest BCUT2D eigenvalue weighted by Gasteiger charge is -2.40. The summed E-state index contributed by atoms with van der Waals surface area (Å²) < 4.78 is 53.9. The van der Waals surface area contributed by atoms with Crippen molar-refractivity contribution in [2.45, 2.75) is 237 Å². The number of esters is 2. The number of carbonyl (C=O) groups excluding carboxylic acids is 2. The molecule has 1 aliphatic heterocycles. The second kappa shape index (κ2) is 33.6. The Labute approximate surface area is 333 Å². The van der Waals surface area contributed by atoms with E-state index < -0.39 is 71.2 Å². The summed E-state index contributed by atoms with van der Waals surface area (Å²) in [6, 6.07) is 0. The molecule has 6 unspecified atom stereocenters. The predicted molar refractivity (Wildman–Crippen MR) is 215 cm³/mol. The molecule has 0 spiro atoms. The molecular weight excluding hydrogens is 729 g/mol. The Hall–Kier alpha value is -1.35. The van der Waals surface area contributed by atoms with Crippen molar-refractivity contribution in [3.8, 4) is 0 Å². The Kier molecular flexibility index (Phi) is 31.6. The first-order chi connectivity index (χ1) is 26.5. The SMILES string of the molecule is CCCCCCCCCCCCCCCCCCCCC(=O)OC(COC(=O)CCCCCCCCCCC)COC1OC(CS(=O)(=O)O)C(O)C(O)C1O. The van der Waals surface area contributed by atoms with E-state index in [2.05, 4.69) is 13.8 Å². The molecule has 0 saturated carbocycles. The molecule has 13 heteroatoms. The third-order valence-electron chi connectivity index (χ3n) is 10.4. The Morgan fingerprint density at radius 3 is 1.33 bits per heavy atom. The van der Waals surface area contributed by atoms with Gasteiger partial charge in [0.05, 0.1) is 6.61 Å². The van der Waals surface area contributed by atoms with Crippen LogP contribution in [0, 0.1) is 0 Å². The summed E-state index contributed by atoms with van der Waals surface area (Å²) in [5.41, 5.74) is 0. The number of rotatable bonds is 37. The van der Waals surface area contributed by atoms with Gasteiger partial charge in [-0.05, 0) is 12.8 Å². The highest BCUT2D eigenvalue weighted by Crippen LogP contribution is 2.24. The first kappa shape index (κ1) is 51.7. The zero-order valence-corrected chi connectivity index (χ0v) is 35.4. The molecule has 1 heterocycles. The molecule has 326 valence electrons. The van der Waals surface area contributed by atoms with Gasteiger partial charge in [-0.3, -0.25) is 14.1 Å². The van der Waals surface area contributed by atoms with Gasteiger partial charge in [0.15, 0.2) is 12.4 Å². The molecule has 55 heavy (non-hydrogen) atoms. The number of hydrogen-bond donors (Lipinski definition) is 4. The van der Waals surface area contributed by atoms with Crippen molar-refractivity contribution in [2.75, 3.05) is 19.0 Å². The first-order valence-corrected chi connectivity index (χ1v) is 23.7. The number of aliphatic hydroxyl groups is 3. The molecule has 0 aromatic heterocycles. The van der Waals surface area contributed by atoms with Crippen LogP contribution in [-0.2, 0) is 38.7 Å². The van der Waals surface area contributed by atoms with Gasteiger partial charge in [-0.25, -0.2) is 0 Å². The van der Waals surface area contributed by atoms with Crippen molar-refractivity contribution in [2.24, 2.45) is 0 Å². The summed E-state index contributed by atoms with van der Waals surface area (Å²) in [7, 11) is -4.59. The summed E-state index contributed by atoms with van der Waals surface area (Å²) in [5.74, 6) is -1.97. The summed E-state index contributed by atoms with van der Waals surface area (Å²) in [6.07, 6.45) is 23.1.